The Bertz CT molecular complexity index is 1870. The summed E-state index contributed by atoms with van der Waals surface area (Å²) in [4.78, 5) is 38.1. The van der Waals surface area contributed by atoms with E-state index in [-0.39, 0.29) is 32.0 Å². The number of esters is 2. The molecule has 10 heteroatoms. The quantitative estimate of drug-likeness (QED) is 0.0195. The van der Waals surface area contributed by atoms with Crippen molar-refractivity contribution in [3.8, 4) is 0 Å². The van der Waals surface area contributed by atoms with Crippen LogP contribution in [0.5, 0.6) is 0 Å². The lowest BCUT2D eigenvalue weighted by atomic mass is 10.0. The summed E-state index contributed by atoms with van der Waals surface area (Å²) in [6.45, 7) is 4.03. The van der Waals surface area contributed by atoms with E-state index in [1.165, 1.54) is 161 Å². The van der Waals surface area contributed by atoms with Gasteiger partial charge in [-0.1, -0.05) is 302 Å². The second-order valence-corrected chi connectivity index (χ2v) is 25.9. The van der Waals surface area contributed by atoms with Crippen LogP contribution in [0.25, 0.3) is 0 Å². The Morgan fingerprint density at radius 1 is 0.360 bits per heavy atom. The van der Waals surface area contributed by atoms with Gasteiger partial charge in [0.15, 0.2) is 6.10 Å². The van der Waals surface area contributed by atoms with Gasteiger partial charge in [-0.25, -0.2) is 0 Å². The minimum Gasteiger partial charge on any atom is -0.756 e. The molecule has 0 saturated heterocycles. The van der Waals surface area contributed by atoms with Gasteiger partial charge in [-0.2, -0.15) is 0 Å². The van der Waals surface area contributed by atoms with E-state index in [2.05, 4.69) is 135 Å². The maximum absolute atomic E-state index is 12.9. The van der Waals surface area contributed by atoms with E-state index in [4.69, 9.17) is 18.5 Å². The number of unbranched alkanes of at least 4 members (excludes halogenated alkanes) is 30. The van der Waals surface area contributed by atoms with Gasteiger partial charge in [0, 0.05) is 12.8 Å². The molecule has 0 spiro atoms. The molecule has 0 aromatic rings. The molecule has 0 aliphatic carbocycles. The van der Waals surface area contributed by atoms with Gasteiger partial charge in [0.25, 0.3) is 7.82 Å². The molecule has 0 aliphatic rings. The van der Waals surface area contributed by atoms with Crippen LogP contribution < -0.4 is 4.89 Å². The third-order valence-corrected chi connectivity index (χ3v) is 15.9. The Morgan fingerprint density at radius 3 is 0.930 bits per heavy atom. The van der Waals surface area contributed by atoms with Gasteiger partial charge in [-0.3, -0.25) is 14.2 Å². The number of phosphoric acid groups is 1. The molecule has 0 rings (SSSR count). The van der Waals surface area contributed by atoms with Gasteiger partial charge >= 0.3 is 11.9 Å². The summed E-state index contributed by atoms with van der Waals surface area (Å²) in [5, 5.41) is 0. The Kier molecular flexibility index (Phi) is 63.1. The molecule has 0 aromatic carbocycles. The topological polar surface area (TPSA) is 111 Å². The average Bonchev–Trinajstić information content (AvgIpc) is 3.67. The zero-order chi connectivity index (χ0) is 62.6. The van der Waals surface area contributed by atoms with Crippen LogP contribution in [-0.2, 0) is 32.7 Å². The smallest absolute Gasteiger partial charge is 0.306 e. The SMILES string of the molecule is CC/C=C\C/C=C\C/C=C\C/C=C\C/C=C\C/C=C\CCCCCCCCCCCCCCCCCCCCC(=O)OC(COC(=O)CCCCCCCCCCCCCC/C=C\C/C=C\C/C=C\C/C=C\CC)COP(=O)([O-])OCC[N+](C)(C)C. The van der Waals surface area contributed by atoms with Crippen LogP contribution in [0, 0.1) is 0 Å². The number of carbonyl (C=O) groups is 2. The number of rotatable bonds is 64. The Labute approximate surface area is 530 Å². The predicted molar refractivity (Wildman–Crippen MR) is 369 cm³/mol. The van der Waals surface area contributed by atoms with Crippen LogP contribution >= 0.6 is 7.82 Å². The second-order valence-electron chi connectivity index (χ2n) is 24.5. The first kappa shape index (κ1) is 82.4. The number of carbonyl (C=O) groups excluding carboxylic acids is 2. The van der Waals surface area contributed by atoms with Gasteiger partial charge in [-0.15, -0.1) is 0 Å². The fraction of sp³-hybridized carbons (Fsp3) is 0.711. The highest BCUT2D eigenvalue weighted by Gasteiger charge is 2.22. The number of phosphoric ester groups is 1. The molecule has 0 aliphatic heterocycles. The molecule has 2 atom stereocenters. The predicted octanol–water partition coefficient (Wildman–Crippen LogP) is 22.4. The maximum Gasteiger partial charge on any atom is 0.306 e. The highest BCUT2D eigenvalue weighted by atomic mass is 31.2. The van der Waals surface area contributed by atoms with Crippen LogP contribution in [0.4, 0.5) is 0 Å². The van der Waals surface area contributed by atoms with E-state index in [9.17, 15) is 19.0 Å². The normalized spacial score (nSPS) is 13.9. The molecule has 2 unspecified atom stereocenters. The molecule has 0 bridgehead atoms. The van der Waals surface area contributed by atoms with Crippen molar-refractivity contribution < 1.29 is 42.1 Å². The number of allylic oxidation sites excluding steroid dienone is 20. The van der Waals surface area contributed by atoms with Crippen LogP contribution in [-0.4, -0.2) is 70.0 Å². The number of hydrogen-bond acceptors (Lipinski definition) is 8. The van der Waals surface area contributed by atoms with Crippen molar-refractivity contribution in [1.29, 1.82) is 0 Å². The Morgan fingerprint density at radius 2 is 0.628 bits per heavy atom. The van der Waals surface area contributed by atoms with Crippen LogP contribution in [0.3, 0.4) is 0 Å². The first-order valence-electron chi connectivity index (χ1n) is 35.2. The summed E-state index contributed by atoms with van der Waals surface area (Å²) in [5.41, 5.74) is 0. The van der Waals surface area contributed by atoms with Crippen molar-refractivity contribution in [2.24, 2.45) is 0 Å². The van der Waals surface area contributed by atoms with Gasteiger partial charge in [0.1, 0.15) is 19.8 Å². The third-order valence-electron chi connectivity index (χ3n) is 15.0. The van der Waals surface area contributed by atoms with E-state index in [1.807, 2.05) is 21.1 Å². The summed E-state index contributed by atoms with van der Waals surface area (Å²) in [7, 11) is 1.16. The van der Waals surface area contributed by atoms with Gasteiger partial charge < -0.3 is 27.9 Å². The van der Waals surface area contributed by atoms with Crippen molar-refractivity contribution in [3.05, 3.63) is 122 Å². The number of nitrogens with zero attached hydrogens (tertiary/aromatic N) is 1. The average molecular weight is 1220 g/mol. The van der Waals surface area contributed by atoms with E-state index in [0.717, 1.165) is 103 Å². The third kappa shape index (κ3) is 69.5. The highest BCUT2D eigenvalue weighted by molar-refractivity contribution is 7.45. The lowest BCUT2D eigenvalue weighted by molar-refractivity contribution is -0.870. The maximum atomic E-state index is 12.9. The second kappa shape index (κ2) is 65.8. The molecule has 494 valence electrons. The fourth-order valence-electron chi connectivity index (χ4n) is 9.65. The zero-order valence-electron chi connectivity index (χ0n) is 56.2. The van der Waals surface area contributed by atoms with E-state index >= 15 is 0 Å². The van der Waals surface area contributed by atoms with Gasteiger partial charge in [0.2, 0.25) is 0 Å². The lowest BCUT2D eigenvalue weighted by Crippen LogP contribution is -2.37. The van der Waals surface area contributed by atoms with Crippen molar-refractivity contribution >= 4 is 19.8 Å². The molecule has 0 saturated carbocycles. The standard InChI is InChI=1S/C76H132NO8P/c1-6-8-10-12-14-16-18-20-22-24-26-28-30-32-33-34-35-36-37-38-39-40-41-42-43-45-47-49-51-53-55-57-59-61-63-65-67-69-76(79)85-74(73-84-86(80,81)83-71-70-77(3,4)5)72-82-75(78)68-66-64-62-60-58-56-54-52-50-48-46-44-31-29-27-25-23-21-19-17-15-13-11-9-7-2/h8-11,14-17,20-23,26-29,32-33,35-36,74H,6-7,12-13,18-19,24-25,30-31,34,37-73H2,1-5H3/b10-8-,11-9-,16-14-,17-15-,22-20-,23-21-,28-26-,29-27-,33-32-,36-35-. The van der Waals surface area contributed by atoms with Crippen molar-refractivity contribution in [2.75, 3.05) is 47.5 Å². The molecule has 0 N–H and O–H groups in total. The monoisotopic (exact) mass is 1220 g/mol. The highest BCUT2D eigenvalue weighted by Crippen LogP contribution is 2.38. The molecule has 0 amide bonds. The Hall–Kier alpha value is -3.59. The van der Waals surface area contributed by atoms with Crippen molar-refractivity contribution in [1.82, 2.24) is 0 Å². The number of quaternary nitrogens is 1. The Balaban J connectivity index is 4.02. The summed E-state index contributed by atoms with van der Waals surface area (Å²) in [6, 6.07) is 0. The summed E-state index contributed by atoms with van der Waals surface area (Å²) in [6.07, 6.45) is 94.2. The van der Waals surface area contributed by atoms with Crippen LogP contribution in [0.1, 0.15) is 296 Å². The van der Waals surface area contributed by atoms with E-state index in [1.54, 1.807) is 0 Å². The number of ether oxygens (including phenoxy) is 2. The summed E-state index contributed by atoms with van der Waals surface area (Å²) >= 11 is 0. The molecule has 0 radical (unpaired) electrons. The molecule has 0 fully saturated rings. The molecule has 0 heterocycles. The molecular formula is C76H132NO8P. The lowest BCUT2D eigenvalue weighted by Gasteiger charge is -2.28. The van der Waals surface area contributed by atoms with E-state index in [0.29, 0.717) is 17.4 Å². The van der Waals surface area contributed by atoms with Crippen LogP contribution in [0.15, 0.2) is 122 Å². The molecule has 0 aromatic heterocycles. The molecule has 9 nitrogen and oxygen atoms in total. The van der Waals surface area contributed by atoms with Crippen molar-refractivity contribution in [2.45, 2.75) is 302 Å². The fourth-order valence-corrected chi connectivity index (χ4v) is 10.4. The van der Waals surface area contributed by atoms with Crippen LogP contribution in [0.2, 0.25) is 0 Å². The zero-order valence-corrected chi connectivity index (χ0v) is 57.1. The van der Waals surface area contributed by atoms with Gasteiger partial charge in [-0.05, 0) is 103 Å². The molecular weight excluding hydrogens is 1090 g/mol. The summed E-state index contributed by atoms with van der Waals surface area (Å²) in [5.74, 6) is -0.830. The first-order valence-corrected chi connectivity index (χ1v) is 36.7. The van der Waals surface area contributed by atoms with E-state index < -0.39 is 26.5 Å². The minimum atomic E-state index is -4.65. The minimum absolute atomic E-state index is 0.0343. The number of likely N-dealkylation sites (N-methyl/N-ethyl adjacent to an activating group) is 1. The van der Waals surface area contributed by atoms with Gasteiger partial charge in [0.05, 0.1) is 27.7 Å². The number of hydrogen-bond donors (Lipinski definition) is 0. The molecule has 86 heavy (non-hydrogen) atoms. The first-order chi connectivity index (χ1) is 42.0. The summed E-state index contributed by atoms with van der Waals surface area (Å²) < 4.78 is 34.3. The van der Waals surface area contributed by atoms with Crippen molar-refractivity contribution in [3.63, 3.8) is 0 Å². The largest absolute Gasteiger partial charge is 0.756 e.